The van der Waals surface area contributed by atoms with Crippen molar-refractivity contribution in [1.29, 1.82) is 0 Å². The van der Waals surface area contributed by atoms with Crippen LogP contribution in [0.25, 0.3) is 0 Å². The molecular weight excluding hydrogens is 220 g/mol. The highest BCUT2D eigenvalue weighted by atomic mass is 19.1. The highest BCUT2D eigenvalue weighted by Gasteiger charge is 2.56. The van der Waals surface area contributed by atoms with Crippen LogP contribution < -0.4 is 0 Å². The van der Waals surface area contributed by atoms with Crippen LogP contribution in [0.5, 0.6) is 0 Å². The molecule has 1 aliphatic carbocycles. The van der Waals surface area contributed by atoms with Gasteiger partial charge in [0, 0.05) is 13.1 Å². The summed E-state index contributed by atoms with van der Waals surface area (Å²) in [6.45, 7) is 8.83. The third-order valence-electron chi connectivity index (χ3n) is 4.65. The Labute approximate surface area is 103 Å². The maximum atomic E-state index is 14.7. The standard InChI is InChI=1S/C14H23F2N/c1-4-17-7-5-14(16,6-8-17)10-13(3)9-12(13)11(2)15/h4,11-12H,1,5-10H2,2-3H3. The fourth-order valence-corrected chi connectivity index (χ4v) is 3.37. The minimum absolute atomic E-state index is 0.0764. The first-order valence-corrected chi connectivity index (χ1v) is 6.58. The summed E-state index contributed by atoms with van der Waals surface area (Å²) in [7, 11) is 0. The molecule has 1 heterocycles. The second kappa shape index (κ2) is 4.25. The summed E-state index contributed by atoms with van der Waals surface area (Å²) in [5, 5.41) is 0. The van der Waals surface area contributed by atoms with Crippen molar-refractivity contribution in [3.05, 3.63) is 12.8 Å². The van der Waals surface area contributed by atoms with E-state index in [1.54, 1.807) is 13.1 Å². The summed E-state index contributed by atoms with van der Waals surface area (Å²) in [6, 6.07) is 0. The first kappa shape index (κ1) is 12.8. The molecule has 3 atom stereocenters. The minimum atomic E-state index is -1.09. The van der Waals surface area contributed by atoms with Crippen LogP contribution in [0.4, 0.5) is 8.78 Å². The normalized spacial score (nSPS) is 37.6. The first-order chi connectivity index (χ1) is 7.88. The number of hydrogen-bond acceptors (Lipinski definition) is 1. The first-order valence-electron chi connectivity index (χ1n) is 6.58. The quantitative estimate of drug-likeness (QED) is 0.727. The van der Waals surface area contributed by atoms with E-state index in [4.69, 9.17) is 0 Å². The van der Waals surface area contributed by atoms with E-state index in [-0.39, 0.29) is 11.3 Å². The molecule has 1 saturated heterocycles. The second-order valence-electron chi connectivity index (χ2n) is 6.19. The van der Waals surface area contributed by atoms with Gasteiger partial charge < -0.3 is 4.90 Å². The van der Waals surface area contributed by atoms with Gasteiger partial charge in [-0.25, -0.2) is 8.78 Å². The van der Waals surface area contributed by atoms with E-state index in [9.17, 15) is 8.78 Å². The van der Waals surface area contributed by atoms with E-state index in [0.717, 1.165) is 19.5 Å². The molecule has 1 aliphatic heterocycles. The van der Waals surface area contributed by atoms with Gasteiger partial charge in [0.2, 0.25) is 0 Å². The molecule has 2 aliphatic rings. The molecule has 0 aromatic rings. The third kappa shape index (κ3) is 2.63. The van der Waals surface area contributed by atoms with Gasteiger partial charge in [-0.15, -0.1) is 0 Å². The Morgan fingerprint density at radius 3 is 2.47 bits per heavy atom. The van der Waals surface area contributed by atoms with Crippen LogP contribution in [0, 0.1) is 11.3 Å². The third-order valence-corrected chi connectivity index (χ3v) is 4.65. The van der Waals surface area contributed by atoms with Crippen LogP contribution in [-0.4, -0.2) is 29.8 Å². The van der Waals surface area contributed by atoms with Gasteiger partial charge in [0.15, 0.2) is 0 Å². The summed E-state index contributed by atoms with van der Waals surface area (Å²) in [6.07, 6.45) is 3.48. The van der Waals surface area contributed by atoms with Crippen LogP contribution in [0.15, 0.2) is 12.8 Å². The van der Waals surface area contributed by atoms with Crippen molar-refractivity contribution in [3.8, 4) is 0 Å². The van der Waals surface area contributed by atoms with Gasteiger partial charge in [-0.2, -0.15) is 0 Å². The van der Waals surface area contributed by atoms with Crippen molar-refractivity contribution in [1.82, 2.24) is 4.90 Å². The Kier molecular flexibility index (Phi) is 3.21. The van der Waals surface area contributed by atoms with Crippen molar-refractivity contribution >= 4 is 0 Å². The van der Waals surface area contributed by atoms with Gasteiger partial charge in [-0.3, -0.25) is 0 Å². The topological polar surface area (TPSA) is 3.24 Å². The van der Waals surface area contributed by atoms with Crippen LogP contribution in [-0.2, 0) is 0 Å². The predicted molar refractivity (Wildman–Crippen MR) is 66.2 cm³/mol. The average Bonchev–Trinajstić information content (AvgIpc) is 2.91. The summed E-state index contributed by atoms with van der Waals surface area (Å²) in [5.41, 5.74) is -1.18. The van der Waals surface area contributed by atoms with Crippen LogP contribution in [0.1, 0.15) is 39.5 Å². The number of hydrogen-bond donors (Lipinski definition) is 0. The Bertz CT molecular complexity index is 295. The Balaban J connectivity index is 1.89. The molecule has 1 nitrogen and oxygen atoms in total. The summed E-state index contributed by atoms with van der Waals surface area (Å²) >= 11 is 0. The highest BCUT2D eigenvalue weighted by Crippen LogP contribution is 2.60. The Morgan fingerprint density at radius 1 is 1.47 bits per heavy atom. The van der Waals surface area contributed by atoms with Crippen molar-refractivity contribution in [2.45, 2.75) is 51.4 Å². The molecule has 0 aromatic carbocycles. The van der Waals surface area contributed by atoms with Gasteiger partial charge in [0.1, 0.15) is 11.8 Å². The monoisotopic (exact) mass is 243 g/mol. The number of halogens is 2. The summed E-state index contributed by atoms with van der Waals surface area (Å²) < 4.78 is 27.9. The molecule has 0 bridgehead atoms. The molecule has 0 amide bonds. The van der Waals surface area contributed by atoms with E-state index in [2.05, 4.69) is 11.5 Å². The van der Waals surface area contributed by atoms with Gasteiger partial charge in [0.05, 0.1) is 0 Å². The predicted octanol–water partition coefficient (Wildman–Crippen LogP) is 3.71. The zero-order chi connectivity index (χ0) is 12.7. The van der Waals surface area contributed by atoms with Crippen LogP contribution in [0.3, 0.4) is 0 Å². The average molecular weight is 243 g/mol. The molecule has 2 rings (SSSR count). The smallest absolute Gasteiger partial charge is 0.115 e. The van der Waals surface area contributed by atoms with E-state index in [0.29, 0.717) is 19.3 Å². The lowest BCUT2D eigenvalue weighted by Crippen LogP contribution is -2.40. The van der Waals surface area contributed by atoms with Crippen molar-refractivity contribution in [2.75, 3.05) is 13.1 Å². The number of rotatable bonds is 4. The highest BCUT2D eigenvalue weighted by molar-refractivity contribution is 5.06. The lowest BCUT2D eigenvalue weighted by atomic mass is 9.82. The van der Waals surface area contributed by atoms with Crippen LogP contribution >= 0.6 is 0 Å². The molecule has 0 spiro atoms. The number of alkyl halides is 2. The van der Waals surface area contributed by atoms with Crippen molar-refractivity contribution < 1.29 is 8.78 Å². The molecular formula is C14H23F2N. The molecule has 2 fully saturated rings. The van der Waals surface area contributed by atoms with Gasteiger partial charge in [0.25, 0.3) is 0 Å². The Morgan fingerprint density at radius 2 is 2.06 bits per heavy atom. The zero-order valence-electron chi connectivity index (χ0n) is 10.9. The number of nitrogens with zero attached hydrogens (tertiary/aromatic N) is 1. The molecule has 1 saturated carbocycles. The maximum Gasteiger partial charge on any atom is 0.115 e. The van der Waals surface area contributed by atoms with Gasteiger partial charge in [-0.05, 0) is 50.1 Å². The number of likely N-dealkylation sites (tertiary alicyclic amines) is 1. The summed E-state index contributed by atoms with van der Waals surface area (Å²) in [4.78, 5) is 2.06. The van der Waals surface area contributed by atoms with E-state index in [1.807, 2.05) is 6.92 Å². The van der Waals surface area contributed by atoms with Crippen LogP contribution in [0.2, 0.25) is 0 Å². The van der Waals surface area contributed by atoms with Crippen molar-refractivity contribution in [3.63, 3.8) is 0 Å². The molecule has 0 radical (unpaired) electrons. The second-order valence-corrected chi connectivity index (χ2v) is 6.19. The minimum Gasteiger partial charge on any atom is -0.378 e. The lowest BCUT2D eigenvalue weighted by molar-refractivity contribution is 0.0449. The SMILES string of the molecule is C=CN1CCC(F)(CC2(C)CC2C(C)F)CC1. The molecule has 3 heteroatoms. The lowest BCUT2D eigenvalue weighted by Gasteiger charge is -2.37. The van der Waals surface area contributed by atoms with E-state index >= 15 is 0 Å². The van der Waals surface area contributed by atoms with Gasteiger partial charge >= 0.3 is 0 Å². The van der Waals surface area contributed by atoms with E-state index in [1.165, 1.54) is 0 Å². The maximum absolute atomic E-state index is 14.7. The van der Waals surface area contributed by atoms with E-state index < -0.39 is 11.8 Å². The largest absolute Gasteiger partial charge is 0.378 e. The number of piperidine rings is 1. The summed E-state index contributed by atoms with van der Waals surface area (Å²) in [5.74, 6) is 0.0764. The molecule has 17 heavy (non-hydrogen) atoms. The van der Waals surface area contributed by atoms with Crippen molar-refractivity contribution in [2.24, 2.45) is 11.3 Å². The Hall–Kier alpha value is -0.600. The fraction of sp³-hybridized carbons (Fsp3) is 0.857. The molecule has 0 aromatic heterocycles. The molecule has 98 valence electrons. The zero-order valence-corrected chi connectivity index (χ0v) is 10.9. The molecule has 3 unspecified atom stereocenters. The van der Waals surface area contributed by atoms with Gasteiger partial charge in [-0.1, -0.05) is 13.5 Å². The molecule has 0 N–H and O–H groups in total. The fourth-order valence-electron chi connectivity index (χ4n) is 3.37.